The number of piperidine rings is 1. The van der Waals surface area contributed by atoms with Crippen molar-refractivity contribution in [3.8, 4) is 11.3 Å². The van der Waals surface area contributed by atoms with E-state index in [9.17, 15) is 8.42 Å². The second kappa shape index (κ2) is 8.60. The summed E-state index contributed by atoms with van der Waals surface area (Å²) in [5, 5.41) is 0. The Balaban J connectivity index is 1.38. The molecule has 0 atom stereocenters. The third-order valence-corrected chi connectivity index (χ3v) is 8.68. The molecule has 7 heteroatoms. The van der Waals surface area contributed by atoms with Gasteiger partial charge in [-0.1, -0.05) is 20.8 Å². The molecule has 0 N–H and O–H groups in total. The first-order chi connectivity index (χ1) is 14.7. The van der Waals surface area contributed by atoms with Gasteiger partial charge in [-0.25, -0.2) is 8.42 Å². The van der Waals surface area contributed by atoms with Gasteiger partial charge in [-0.05, 0) is 80.4 Å². The van der Waals surface area contributed by atoms with Gasteiger partial charge in [0.1, 0.15) is 4.90 Å². The molecule has 2 aliphatic heterocycles. The summed E-state index contributed by atoms with van der Waals surface area (Å²) in [5.41, 5.74) is 2.17. The van der Waals surface area contributed by atoms with Crippen LogP contribution in [0.4, 0.5) is 0 Å². The lowest BCUT2D eigenvalue weighted by Gasteiger charge is -2.40. The maximum Gasteiger partial charge on any atom is 0.244 e. The van der Waals surface area contributed by atoms with Crippen molar-refractivity contribution >= 4 is 10.0 Å². The molecule has 4 heterocycles. The van der Waals surface area contributed by atoms with Crippen LogP contribution in [0.1, 0.15) is 46.5 Å². The summed E-state index contributed by atoms with van der Waals surface area (Å²) in [7, 11) is -3.51. The highest BCUT2D eigenvalue weighted by molar-refractivity contribution is 7.89. The third kappa shape index (κ3) is 5.16. The molecule has 0 bridgehead atoms. The number of nitrogens with zero attached hydrogens (tertiary/aromatic N) is 4. The molecule has 2 saturated heterocycles. The van der Waals surface area contributed by atoms with Crippen LogP contribution in [-0.2, 0) is 10.0 Å². The lowest BCUT2D eigenvalue weighted by Crippen LogP contribution is -2.43. The van der Waals surface area contributed by atoms with Crippen LogP contribution in [0.5, 0.6) is 0 Å². The summed E-state index contributed by atoms with van der Waals surface area (Å²) < 4.78 is 28.2. The fourth-order valence-corrected chi connectivity index (χ4v) is 6.13. The Morgan fingerprint density at radius 1 is 1.00 bits per heavy atom. The van der Waals surface area contributed by atoms with Gasteiger partial charge in [0.25, 0.3) is 0 Å². The molecule has 2 aliphatic rings. The number of hydrogen-bond acceptors (Lipinski definition) is 5. The average molecular weight is 443 g/mol. The SMILES string of the molecule is CC(C)(C)CCN1CCC2(CC1)CCN(S(=O)(=O)c1ccc(-c3ccncc3)nc1)C2. The van der Waals surface area contributed by atoms with Gasteiger partial charge in [-0.2, -0.15) is 4.31 Å². The number of likely N-dealkylation sites (tertiary alicyclic amines) is 1. The van der Waals surface area contributed by atoms with E-state index in [4.69, 9.17) is 0 Å². The number of rotatable bonds is 5. The zero-order chi connectivity index (χ0) is 22.1. The van der Waals surface area contributed by atoms with Crippen LogP contribution in [-0.4, -0.2) is 60.3 Å². The molecule has 0 aliphatic carbocycles. The van der Waals surface area contributed by atoms with Crippen molar-refractivity contribution in [2.75, 3.05) is 32.7 Å². The molecule has 0 amide bonds. The van der Waals surface area contributed by atoms with E-state index in [-0.39, 0.29) is 10.3 Å². The lowest BCUT2D eigenvalue weighted by atomic mass is 9.77. The summed E-state index contributed by atoms with van der Waals surface area (Å²) in [4.78, 5) is 11.2. The number of hydrogen-bond donors (Lipinski definition) is 0. The highest BCUT2D eigenvalue weighted by Crippen LogP contribution is 2.42. The molecule has 2 aromatic heterocycles. The second-order valence-electron chi connectivity index (χ2n) is 10.4. The molecular formula is C24H34N4O2S. The zero-order valence-electron chi connectivity index (χ0n) is 18.9. The number of pyridine rings is 2. The van der Waals surface area contributed by atoms with E-state index in [1.165, 1.54) is 12.6 Å². The fourth-order valence-electron chi connectivity index (χ4n) is 4.63. The van der Waals surface area contributed by atoms with Crippen LogP contribution < -0.4 is 0 Å². The maximum atomic E-state index is 13.3. The number of aromatic nitrogens is 2. The Kier molecular flexibility index (Phi) is 6.21. The number of sulfonamides is 1. The summed E-state index contributed by atoms with van der Waals surface area (Å²) in [6.07, 6.45) is 9.24. The fraction of sp³-hybridized carbons (Fsp3) is 0.583. The standard InChI is InChI=1S/C24H34N4O2S/c1-23(2,3)8-14-27-15-9-24(10-16-27)11-17-28(19-24)31(29,30)21-4-5-22(26-18-21)20-6-12-25-13-7-20/h4-7,12-13,18H,8-11,14-17,19H2,1-3H3. The van der Waals surface area contributed by atoms with Crippen LogP contribution >= 0.6 is 0 Å². The van der Waals surface area contributed by atoms with Crippen molar-refractivity contribution < 1.29 is 8.42 Å². The monoisotopic (exact) mass is 442 g/mol. The van der Waals surface area contributed by atoms with E-state index >= 15 is 0 Å². The van der Waals surface area contributed by atoms with Gasteiger partial charge in [0.15, 0.2) is 0 Å². The van der Waals surface area contributed by atoms with E-state index in [1.54, 1.807) is 28.8 Å². The highest BCUT2D eigenvalue weighted by atomic mass is 32.2. The van der Waals surface area contributed by atoms with Gasteiger partial charge < -0.3 is 4.90 Å². The lowest BCUT2D eigenvalue weighted by molar-refractivity contribution is 0.105. The Morgan fingerprint density at radius 2 is 1.68 bits per heavy atom. The minimum absolute atomic E-state index is 0.135. The van der Waals surface area contributed by atoms with Crippen LogP contribution in [0, 0.1) is 10.8 Å². The summed E-state index contributed by atoms with van der Waals surface area (Å²) >= 11 is 0. The molecule has 4 rings (SSSR count). The smallest absolute Gasteiger partial charge is 0.244 e. The van der Waals surface area contributed by atoms with Gasteiger partial charge in [-0.3, -0.25) is 9.97 Å². The molecule has 0 unspecified atom stereocenters. The van der Waals surface area contributed by atoms with Crippen LogP contribution in [0.15, 0.2) is 47.8 Å². The van der Waals surface area contributed by atoms with Crippen molar-refractivity contribution in [3.63, 3.8) is 0 Å². The van der Waals surface area contributed by atoms with Crippen LogP contribution in [0.2, 0.25) is 0 Å². The van der Waals surface area contributed by atoms with Gasteiger partial charge in [0.05, 0.1) is 5.69 Å². The van der Waals surface area contributed by atoms with Gasteiger partial charge in [0.2, 0.25) is 10.0 Å². The third-order valence-electron chi connectivity index (χ3n) is 6.85. The molecule has 6 nitrogen and oxygen atoms in total. The van der Waals surface area contributed by atoms with E-state index < -0.39 is 10.0 Å². The van der Waals surface area contributed by atoms with Crippen LogP contribution in [0.25, 0.3) is 11.3 Å². The van der Waals surface area contributed by atoms with Crippen molar-refractivity contribution in [2.45, 2.75) is 51.3 Å². The van der Waals surface area contributed by atoms with Crippen molar-refractivity contribution in [3.05, 3.63) is 42.9 Å². The Morgan fingerprint density at radius 3 is 2.29 bits per heavy atom. The van der Waals surface area contributed by atoms with E-state index in [2.05, 4.69) is 35.6 Å². The first-order valence-corrected chi connectivity index (χ1v) is 12.7. The topological polar surface area (TPSA) is 66.4 Å². The molecule has 2 aromatic rings. The van der Waals surface area contributed by atoms with Gasteiger partial charge >= 0.3 is 0 Å². The Hall–Kier alpha value is -1.83. The molecule has 2 fully saturated rings. The normalized spacial score (nSPS) is 20.4. The molecule has 168 valence electrons. The Labute approximate surface area is 186 Å². The van der Waals surface area contributed by atoms with E-state index in [0.717, 1.165) is 50.2 Å². The van der Waals surface area contributed by atoms with Crippen LogP contribution in [0.3, 0.4) is 0 Å². The second-order valence-corrected chi connectivity index (χ2v) is 12.3. The van der Waals surface area contributed by atoms with E-state index in [1.807, 2.05) is 12.1 Å². The van der Waals surface area contributed by atoms with Crippen molar-refractivity contribution in [1.82, 2.24) is 19.2 Å². The summed E-state index contributed by atoms with van der Waals surface area (Å²) in [6, 6.07) is 7.20. The van der Waals surface area contributed by atoms with Gasteiger partial charge in [0, 0.05) is 37.2 Å². The molecular weight excluding hydrogens is 408 g/mol. The van der Waals surface area contributed by atoms with Crippen molar-refractivity contribution in [2.24, 2.45) is 10.8 Å². The predicted octanol–water partition coefficient (Wildman–Crippen LogP) is 4.06. The quantitative estimate of drug-likeness (QED) is 0.699. The molecule has 1 spiro atoms. The summed E-state index contributed by atoms with van der Waals surface area (Å²) in [6.45, 7) is 11.4. The average Bonchev–Trinajstić information content (AvgIpc) is 3.18. The Bertz CT molecular complexity index is 976. The molecule has 0 saturated carbocycles. The van der Waals surface area contributed by atoms with Gasteiger partial charge in [-0.15, -0.1) is 0 Å². The minimum atomic E-state index is -3.51. The first-order valence-electron chi connectivity index (χ1n) is 11.3. The largest absolute Gasteiger partial charge is 0.303 e. The highest BCUT2D eigenvalue weighted by Gasteiger charge is 2.44. The zero-order valence-corrected chi connectivity index (χ0v) is 19.7. The van der Waals surface area contributed by atoms with E-state index in [0.29, 0.717) is 18.5 Å². The minimum Gasteiger partial charge on any atom is -0.303 e. The van der Waals surface area contributed by atoms with Crippen molar-refractivity contribution in [1.29, 1.82) is 0 Å². The first kappa shape index (κ1) is 22.4. The summed E-state index contributed by atoms with van der Waals surface area (Å²) in [5.74, 6) is 0. The molecule has 31 heavy (non-hydrogen) atoms. The predicted molar refractivity (Wildman–Crippen MR) is 123 cm³/mol. The maximum absolute atomic E-state index is 13.3. The molecule has 0 aromatic carbocycles. The molecule has 0 radical (unpaired) electrons.